The largest absolute Gasteiger partial charge is 0.478 e. The Hall–Kier alpha value is -3.88. The molecule has 0 saturated heterocycles. The Kier molecular flexibility index (Phi) is 8.24. The summed E-state index contributed by atoms with van der Waals surface area (Å²) in [6.07, 6.45) is -4.20. The van der Waals surface area contributed by atoms with Crippen LogP contribution in [0.4, 0.5) is 5.69 Å². The highest BCUT2D eigenvalue weighted by atomic mass is 35.5. The number of halogens is 2. The van der Waals surface area contributed by atoms with Gasteiger partial charge in [-0.1, -0.05) is 59.6 Å². The van der Waals surface area contributed by atoms with E-state index < -0.39 is 36.0 Å². The van der Waals surface area contributed by atoms with Gasteiger partial charge in [0.2, 0.25) is 12.2 Å². The van der Waals surface area contributed by atoms with E-state index in [1.165, 1.54) is 42.5 Å². The van der Waals surface area contributed by atoms with Crippen LogP contribution in [0.15, 0.2) is 78.9 Å². The van der Waals surface area contributed by atoms with Crippen molar-refractivity contribution in [2.75, 3.05) is 5.32 Å². The number of benzene rings is 3. The van der Waals surface area contributed by atoms with Crippen molar-refractivity contribution in [3.05, 3.63) is 100 Å². The zero-order chi connectivity index (χ0) is 24.7. The van der Waals surface area contributed by atoms with E-state index in [-0.39, 0.29) is 26.9 Å². The summed E-state index contributed by atoms with van der Waals surface area (Å²) >= 11 is 11.9. The van der Waals surface area contributed by atoms with Gasteiger partial charge in [-0.15, -0.1) is 0 Å². The van der Waals surface area contributed by atoms with Crippen molar-refractivity contribution in [2.24, 2.45) is 0 Å². The van der Waals surface area contributed by atoms with Crippen LogP contribution in [0.2, 0.25) is 10.0 Å². The lowest BCUT2D eigenvalue weighted by molar-refractivity contribution is -0.157. The van der Waals surface area contributed by atoms with Crippen LogP contribution in [0.1, 0.15) is 20.7 Å². The van der Waals surface area contributed by atoms with Crippen LogP contribution in [0.3, 0.4) is 0 Å². The maximum Gasteiger partial charge on any atom is 0.349 e. The summed E-state index contributed by atoms with van der Waals surface area (Å²) in [7, 11) is 0. The van der Waals surface area contributed by atoms with Crippen molar-refractivity contribution >= 4 is 52.7 Å². The van der Waals surface area contributed by atoms with E-state index in [9.17, 15) is 24.3 Å². The van der Waals surface area contributed by atoms with Crippen LogP contribution in [-0.4, -0.2) is 41.1 Å². The first-order valence-corrected chi connectivity index (χ1v) is 10.5. The van der Waals surface area contributed by atoms with E-state index in [2.05, 4.69) is 5.32 Å². The van der Waals surface area contributed by atoms with Gasteiger partial charge in [-0.3, -0.25) is 4.79 Å². The molecule has 0 bridgehead atoms. The summed E-state index contributed by atoms with van der Waals surface area (Å²) in [6, 6.07) is 19.3. The molecule has 0 heterocycles. The number of esters is 2. The molecular formula is C24H17Cl2NO7. The number of carboxylic acids is 1. The molecule has 0 fully saturated rings. The standard InChI is InChI=1S/C24H17Cl2NO7/c25-16-11-17(26)13-18(12-16)27-21(28)19(33-23(31)14-7-3-1-4-8-14)20(22(29)30)34-24(32)15-9-5-2-6-10-15/h1-13,19-20H,(H,27,28)(H,29,30)/t19-,20+/m1/s1. The Bertz CT molecular complexity index is 1180. The zero-order valence-electron chi connectivity index (χ0n) is 17.3. The highest BCUT2D eigenvalue weighted by Crippen LogP contribution is 2.23. The average molecular weight is 502 g/mol. The van der Waals surface area contributed by atoms with Crippen LogP contribution in [0.5, 0.6) is 0 Å². The maximum absolute atomic E-state index is 13.0. The molecule has 2 atom stereocenters. The first-order chi connectivity index (χ1) is 16.2. The molecule has 0 saturated carbocycles. The smallest absolute Gasteiger partial charge is 0.349 e. The van der Waals surface area contributed by atoms with Crippen molar-refractivity contribution < 1.29 is 33.8 Å². The number of anilines is 1. The number of carbonyl (C=O) groups excluding carboxylic acids is 3. The van der Waals surface area contributed by atoms with Crippen molar-refractivity contribution in [3.8, 4) is 0 Å². The highest BCUT2D eigenvalue weighted by molar-refractivity contribution is 6.35. The normalized spacial score (nSPS) is 12.2. The van der Waals surface area contributed by atoms with E-state index in [1.54, 1.807) is 36.4 Å². The number of aliphatic carboxylic acids is 1. The second kappa shape index (κ2) is 11.3. The number of ether oxygens (including phenoxy) is 2. The number of hydrogen-bond acceptors (Lipinski definition) is 6. The van der Waals surface area contributed by atoms with Crippen LogP contribution in [0, 0.1) is 0 Å². The molecule has 0 unspecified atom stereocenters. The van der Waals surface area contributed by atoms with Crippen LogP contribution in [0.25, 0.3) is 0 Å². The zero-order valence-corrected chi connectivity index (χ0v) is 18.8. The summed E-state index contributed by atoms with van der Waals surface area (Å²) in [5.74, 6) is -4.79. The Labute approximate surface area is 204 Å². The lowest BCUT2D eigenvalue weighted by atomic mass is 10.1. The quantitative estimate of drug-likeness (QED) is 0.437. The molecule has 10 heteroatoms. The van der Waals surface area contributed by atoms with Gasteiger partial charge in [0.15, 0.2) is 0 Å². The van der Waals surface area contributed by atoms with E-state index >= 15 is 0 Å². The lowest BCUT2D eigenvalue weighted by Crippen LogP contribution is -2.48. The number of carboxylic acid groups (broad SMARTS) is 1. The molecule has 0 aliphatic carbocycles. The fraction of sp³-hybridized carbons (Fsp3) is 0.0833. The molecule has 3 rings (SSSR count). The van der Waals surface area contributed by atoms with Crippen molar-refractivity contribution in [2.45, 2.75) is 12.2 Å². The van der Waals surface area contributed by atoms with Gasteiger partial charge in [-0.25, -0.2) is 14.4 Å². The molecule has 0 spiro atoms. The fourth-order valence-corrected chi connectivity index (χ4v) is 3.38. The van der Waals surface area contributed by atoms with Gasteiger partial charge in [-0.2, -0.15) is 0 Å². The first kappa shape index (κ1) is 24.8. The monoisotopic (exact) mass is 501 g/mol. The predicted octanol–water partition coefficient (Wildman–Crippen LogP) is 4.47. The highest BCUT2D eigenvalue weighted by Gasteiger charge is 2.41. The molecule has 8 nitrogen and oxygen atoms in total. The Morgan fingerprint density at radius 1 is 0.706 bits per heavy atom. The van der Waals surface area contributed by atoms with Crippen LogP contribution >= 0.6 is 23.2 Å². The van der Waals surface area contributed by atoms with E-state index in [4.69, 9.17) is 32.7 Å². The summed E-state index contributed by atoms with van der Waals surface area (Å²) in [6.45, 7) is 0. The van der Waals surface area contributed by atoms with Gasteiger partial charge >= 0.3 is 17.9 Å². The van der Waals surface area contributed by atoms with Crippen LogP contribution in [-0.2, 0) is 19.1 Å². The van der Waals surface area contributed by atoms with Gasteiger partial charge < -0.3 is 19.9 Å². The molecular weight excluding hydrogens is 485 g/mol. The molecule has 0 aliphatic heterocycles. The third-order valence-corrected chi connectivity index (χ3v) is 4.83. The number of rotatable bonds is 8. The molecule has 0 radical (unpaired) electrons. The van der Waals surface area contributed by atoms with Crippen molar-refractivity contribution in [1.82, 2.24) is 0 Å². The van der Waals surface area contributed by atoms with Gasteiger partial charge in [0.25, 0.3) is 5.91 Å². The fourth-order valence-electron chi connectivity index (χ4n) is 2.85. The Morgan fingerprint density at radius 3 is 1.59 bits per heavy atom. The third-order valence-electron chi connectivity index (χ3n) is 4.39. The minimum absolute atomic E-state index is 0.0453. The first-order valence-electron chi connectivity index (χ1n) is 9.76. The Balaban J connectivity index is 1.91. The summed E-state index contributed by atoms with van der Waals surface area (Å²) in [5.41, 5.74) is 0.218. The molecule has 174 valence electrons. The second-order valence-electron chi connectivity index (χ2n) is 6.87. The van der Waals surface area contributed by atoms with E-state index in [0.717, 1.165) is 0 Å². The minimum atomic E-state index is -2.16. The van der Waals surface area contributed by atoms with Crippen molar-refractivity contribution in [1.29, 1.82) is 0 Å². The maximum atomic E-state index is 13.0. The predicted molar refractivity (Wildman–Crippen MR) is 124 cm³/mol. The van der Waals surface area contributed by atoms with Gasteiger partial charge in [0.05, 0.1) is 11.1 Å². The second-order valence-corrected chi connectivity index (χ2v) is 7.74. The molecule has 3 aromatic rings. The number of carbonyl (C=O) groups is 4. The lowest BCUT2D eigenvalue weighted by Gasteiger charge is -2.23. The molecule has 1 amide bonds. The average Bonchev–Trinajstić information content (AvgIpc) is 2.81. The minimum Gasteiger partial charge on any atom is -0.478 e. The number of nitrogens with one attached hydrogen (secondary N) is 1. The van der Waals surface area contributed by atoms with E-state index in [0.29, 0.717) is 0 Å². The van der Waals surface area contributed by atoms with Crippen molar-refractivity contribution in [3.63, 3.8) is 0 Å². The summed E-state index contributed by atoms with van der Waals surface area (Å²) in [4.78, 5) is 50.2. The third kappa shape index (κ3) is 6.57. The van der Waals surface area contributed by atoms with Gasteiger partial charge in [0.1, 0.15) is 0 Å². The van der Waals surface area contributed by atoms with Gasteiger partial charge in [0, 0.05) is 15.7 Å². The van der Waals surface area contributed by atoms with Crippen LogP contribution < -0.4 is 5.32 Å². The van der Waals surface area contributed by atoms with Gasteiger partial charge in [-0.05, 0) is 42.5 Å². The van der Waals surface area contributed by atoms with E-state index in [1.807, 2.05) is 0 Å². The number of hydrogen-bond donors (Lipinski definition) is 2. The summed E-state index contributed by atoms with van der Waals surface area (Å²) in [5, 5.41) is 12.5. The SMILES string of the molecule is O=C(O[C@H](C(=O)O)[C@@H](OC(=O)c1ccccc1)C(=O)Nc1cc(Cl)cc(Cl)c1)c1ccccc1. The number of amides is 1. The molecule has 34 heavy (non-hydrogen) atoms. The summed E-state index contributed by atoms with van der Waals surface area (Å²) < 4.78 is 10.3. The molecule has 3 aromatic carbocycles. The molecule has 0 aromatic heterocycles. The Morgan fingerprint density at radius 2 is 1.15 bits per heavy atom. The molecule has 0 aliphatic rings. The topological polar surface area (TPSA) is 119 Å². The molecule has 2 N–H and O–H groups in total.